The van der Waals surface area contributed by atoms with Crippen LogP contribution in [0.4, 0.5) is 34.5 Å². The molecule has 30 heavy (non-hydrogen) atoms. The van der Waals surface area contributed by atoms with Crippen molar-refractivity contribution in [2.75, 3.05) is 50.1 Å². The number of methoxy groups -OCH3 is 1. The Bertz CT molecular complexity index is 876. The molecular formula is C18H20F2N4O6. The van der Waals surface area contributed by atoms with Gasteiger partial charge in [-0.1, -0.05) is 0 Å². The van der Waals surface area contributed by atoms with E-state index in [1.165, 1.54) is 16.9 Å². The van der Waals surface area contributed by atoms with Crippen LogP contribution in [0.15, 0.2) is 12.1 Å². The van der Waals surface area contributed by atoms with Crippen LogP contribution in [0, 0.1) is 11.6 Å². The standard InChI is InChI=1S/C18H20F2N4O6/c1-22-13-7-23(8-14(13)30-17(22)26)15-11(19)3-9(4-12(15)20)24-6-10(29-18(24)27)5-21-16(25)28-2/h3-4,10,13-14H,5-8H2,1-2H3,(H,21,25)/t10-,13-,14+/m0/s1. The number of fused-ring (bicyclic) bond motifs is 1. The van der Waals surface area contributed by atoms with Gasteiger partial charge >= 0.3 is 18.3 Å². The van der Waals surface area contributed by atoms with E-state index in [1.807, 2.05) is 0 Å². The van der Waals surface area contributed by atoms with E-state index in [0.717, 1.165) is 17.0 Å². The topological polar surface area (TPSA) is 101 Å². The first-order chi connectivity index (χ1) is 14.3. The van der Waals surface area contributed by atoms with E-state index in [-0.39, 0.29) is 43.6 Å². The predicted molar refractivity (Wildman–Crippen MR) is 98.4 cm³/mol. The maximum Gasteiger partial charge on any atom is 0.414 e. The first kappa shape index (κ1) is 20.0. The zero-order valence-corrected chi connectivity index (χ0v) is 16.3. The average Bonchev–Trinajstić information content (AvgIpc) is 3.34. The molecule has 1 aromatic carbocycles. The van der Waals surface area contributed by atoms with Gasteiger partial charge in [0.05, 0.1) is 38.5 Å². The largest absolute Gasteiger partial charge is 0.453 e. The second kappa shape index (κ2) is 7.50. The molecule has 3 fully saturated rings. The fraction of sp³-hybridized carbons (Fsp3) is 0.500. The summed E-state index contributed by atoms with van der Waals surface area (Å²) < 4.78 is 44.4. The van der Waals surface area contributed by atoms with Crippen LogP contribution in [0.25, 0.3) is 0 Å². The van der Waals surface area contributed by atoms with E-state index >= 15 is 0 Å². The lowest BCUT2D eigenvalue weighted by atomic mass is 10.2. The summed E-state index contributed by atoms with van der Waals surface area (Å²) in [6.07, 6.45) is -3.06. The highest BCUT2D eigenvalue weighted by molar-refractivity contribution is 5.90. The molecule has 1 aromatic rings. The minimum absolute atomic E-state index is 0.000748. The molecule has 0 unspecified atom stereocenters. The molecule has 162 valence electrons. The van der Waals surface area contributed by atoms with Crippen molar-refractivity contribution in [3.05, 3.63) is 23.8 Å². The molecule has 3 amide bonds. The summed E-state index contributed by atoms with van der Waals surface area (Å²) in [5, 5.41) is 2.40. The summed E-state index contributed by atoms with van der Waals surface area (Å²) in [7, 11) is 2.78. The van der Waals surface area contributed by atoms with Crippen LogP contribution in [-0.4, -0.2) is 81.8 Å². The molecule has 0 spiro atoms. The Morgan fingerprint density at radius 2 is 1.87 bits per heavy atom. The summed E-state index contributed by atoms with van der Waals surface area (Å²) in [6, 6.07) is 1.83. The van der Waals surface area contributed by atoms with Crippen LogP contribution >= 0.6 is 0 Å². The fourth-order valence-corrected chi connectivity index (χ4v) is 3.89. The predicted octanol–water partition coefficient (Wildman–Crippen LogP) is 1.29. The third kappa shape index (κ3) is 3.42. The lowest BCUT2D eigenvalue weighted by molar-refractivity contribution is 0.132. The number of nitrogens with zero attached hydrogens (tertiary/aromatic N) is 3. The molecule has 3 heterocycles. The van der Waals surface area contributed by atoms with Gasteiger partial charge in [0.25, 0.3) is 0 Å². The molecule has 0 saturated carbocycles. The van der Waals surface area contributed by atoms with Gasteiger partial charge in [0.2, 0.25) is 0 Å². The minimum atomic E-state index is -0.845. The molecule has 10 nitrogen and oxygen atoms in total. The number of nitrogens with one attached hydrogen (secondary N) is 1. The van der Waals surface area contributed by atoms with Crippen LogP contribution in [-0.2, 0) is 14.2 Å². The number of amides is 3. The Kier molecular flexibility index (Phi) is 5.00. The van der Waals surface area contributed by atoms with Crippen molar-refractivity contribution < 1.29 is 37.4 Å². The lowest BCUT2D eigenvalue weighted by Crippen LogP contribution is -2.35. The van der Waals surface area contributed by atoms with E-state index in [9.17, 15) is 23.2 Å². The van der Waals surface area contributed by atoms with E-state index in [2.05, 4.69) is 10.1 Å². The quantitative estimate of drug-likeness (QED) is 0.724. The highest BCUT2D eigenvalue weighted by Gasteiger charge is 2.47. The minimum Gasteiger partial charge on any atom is -0.453 e. The number of alkyl carbamates (subject to hydrolysis) is 1. The summed E-state index contributed by atoms with van der Waals surface area (Å²) in [5.74, 6) is -1.69. The molecule has 1 N–H and O–H groups in total. The third-order valence-corrected chi connectivity index (χ3v) is 5.44. The monoisotopic (exact) mass is 426 g/mol. The highest BCUT2D eigenvalue weighted by Crippen LogP contribution is 2.35. The van der Waals surface area contributed by atoms with E-state index in [1.54, 1.807) is 7.05 Å². The first-order valence-electron chi connectivity index (χ1n) is 9.26. The van der Waals surface area contributed by atoms with Gasteiger partial charge < -0.3 is 29.3 Å². The molecule has 0 radical (unpaired) electrons. The summed E-state index contributed by atoms with van der Waals surface area (Å²) in [5.41, 5.74) is -0.240. The molecule has 3 saturated heterocycles. The van der Waals surface area contributed by atoms with Gasteiger partial charge in [0, 0.05) is 25.7 Å². The normalized spacial score (nSPS) is 25.3. The second-order valence-corrected chi connectivity index (χ2v) is 7.25. The van der Waals surface area contributed by atoms with Crippen LogP contribution in [0.1, 0.15) is 0 Å². The molecule has 0 aromatic heterocycles. The molecule has 0 bridgehead atoms. The van der Waals surface area contributed by atoms with Crippen molar-refractivity contribution in [3.8, 4) is 0 Å². The van der Waals surface area contributed by atoms with Crippen LogP contribution in [0.3, 0.4) is 0 Å². The maximum atomic E-state index is 14.8. The Labute approximate surface area is 170 Å². The molecule has 4 rings (SSSR count). The molecule has 0 aliphatic carbocycles. The molecular weight excluding hydrogens is 406 g/mol. The Balaban J connectivity index is 1.48. The van der Waals surface area contributed by atoms with Gasteiger partial charge in [-0.15, -0.1) is 0 Å². The summed E-state index contributed by atoms with van der Waals surface area (Å²) >= 11 is 0. The number of hydrogen-bond donors (Lipinski definition) is 1. The zero-order valence-electron chi connectivity index (χ0n) is 16.3. The summed E-state index contributed by atoms with van der Waals surface area (Å²) in [4.78, 5) is 38.8. The SMILES string of the molecule is COC(=O)NC[C@H]1CN(c2cc(F)c(N3C[C@H]4OC(=O)N(C)[C@H]4C3)c(F)c2)C(=O)O1. The number of likely N-dealkylation sites (N-methyl/N-ethyl adjacent to an activating group) is 1. The molecule has 3 aliphatic rings. The lowest BCUT2D eigenvalue weighted by Gasteiger charge is -2.23. The zero-order chi connectivity index (χ0) is 21.6. The number of hydrogen-bond acceptors (Lipinski definition) is 7. The smallest absolute Gasteiger partial charge is 0.414 e. The average molecular weight is 426 g/mol. The number of carbonyl (C=O) groups is 3. The van der Waals surface area contributed by atoms with Gasteiger partial charge in [0.1, 0.15) is 17.9 Å². The van der Waals surface area contributed by atoms with Crippen LogP contribution in [0.5, 0.6) is 0 Å². The van der Waals surface area contributed by atoms with Crippen molar-refractivity contribution in [2.45, 2.75) is 18.2 Å². The first-order valence-corrected chi connectivity index (χ1v) is 9.26. The second-order valence-electron chi connectivity index (χ2n) is 7.25. The van der Waals surface area contributed by atoms with Gasteiger partial charge in [-0.05, 0) is 0 Å². The number of rotatable bonds is 4. The van der Waals surface area contributed by atoms with E-state index in [0.29, 0.717) is 0 Å². The third-order valence-electron chi connectivity index (χ3n) is 5.44. The van der Waals surface area contributed by atoms with Crippen molar-refractivity contribution in [3.63, 3.8) is 0 Å². The van der Waals surface area contributed by atoms with Gasteiger partial charge in [-0.25, -0.2) is 23.2 Å². The van der Waals surface area contributed by atoms with Gasteiger partial charge in [-0.2, -0.15) is 0 Å². The number of carbonyl (C=O) groups excluding carboxylic acids is 3. The van der Waals surface area contributed by atoms with Gasteiger partial charge in [-0.3, -0.25) is 4.90 Å². The number of anilines is 2. The number of cyclic esters (lactones) is 1. The molecule has 12 heteroatoms. The van der Waals surface area contributed by atoms with Gasteiger partial charge in [0.15, 0.2) is 11.6 Å². The van der Waals surface area contributed by atoms with Crippen molar-refractivity contribution in [1.29, 1.82) is 0 Å². The van der Waals surface area contributed by atoms with Crippen molar-refractivity contribution in [1.82, 2.24) is 10.2 Å². The van der Waals surface area contributed by atoms with Crippen LogP contribution < -0.4 is 15.1 Å². The van der Waals surface area contributed by atoms with Crippen molar-refractivity contribution >= 4 is 29.7 Å². The maximum absolute atomic E-state index is 14.8. The molecule has 3 aliphatic heterocycles. The Morgan fingerprint density at radius 3 is 2.50 bits per heavy atom. The highest BCUT2D eigenvalue weighted by atomic mass is 19.1. The number of halogens is 2. The Morgan fingerprint density at radius 1 is 1.17 bits per heavy atom. The van der Waals surface area contributed by atoms with E-state index < -0.39 is 42.1 Å². The van der Waals surface area contributed by atoms with Crippen molar-refractivity contribution in [2.24, 2.45) is 0 Å². The fourth-order valence-electron chi connectivity index (χ4n) is 3.89. The Hall–Kier alpha value is -3.31. The van der Waals surface area contributed by atoms with E-state index in [4.69, 9.17) is 9.47 Å². The summed E-state index contributed by atoms with van der Waals surface area (Å²) in [6.45, 7) is 0.407. The number of ether oxygens (including phenoxy) is 3. The number of benzene rings is 1. The molecule has 3 atom stereocenters. The van der Waals surface area contributed by atoms with Crippen LogP contribution in [0.2, 0.25) is 0 Å².